The average Bonchev–Trinajstić information content (AvgIpc) is 3.20. The van der Waals surface area contributed by atoms with Gasteiger partial charge in [0.15, 0.2) is 0 Å². The molecular formula is C18H21NO2S. The van der Waals surface area contributed by atoms with Crippen LogP contribution in [0.1, 0.15) is 28.8 Å². The largest absolute Gasteiger partial charge is 0.382 e. The van der Waals surface area contributed by atoms with Crippen molar-refractivity contribution in [2.75, 3.05) is 6.54 Å². The number of carbonyl (C=O) groups is 1. The van der Waals surface area contributed by atoms with Crippen molar-refractivity contribution in [3.63, 3.8) is 0 Å². The van der Waals surface area contributed by atoms with Crippen LogP contribution in [0.15, 0.2) is 41.8 Å². The van der Waals surface area contributed by atoms with Gasteiger partial charge in [-0.3, -0.25) is 4.79 Å². The molecule has 0 radical (unpaired) electrons. The quantitative estimate of drug-likeness (QED) is 0.861. The van der Waals surface area contributed by atoms with E-state index >= 15 is 0 Å². The molecule has 2 aromatic rings. The summed E-state index contributed by atoms with van der Waals surface area (Å²) >= 11 is 1.55. The van der Waals surface area contributed by atoms with Gasteiger partial charge in [-0.25, -0.2) is 0 Å². The van der Waals surface area contributed by atoms with E-state index in [1.165, 1.54) is 0 Å². The Morgan fingerprint density at radius 3 is 2.82 bits per heavy atom. The number of rotatable bonds is 6. The van der Waals surface area contributed by atoms with E-state index in [2.05, 4.69) is 5.32 Å². The molecule has 2 N–H and O–H groups in total. The minimum absolute atomic E-state index is 0.0405. The third-order valence-corrected chi connectivity index (χ3v) is 5.24. The highest BCUT2D eigenvalue weighted by atomic mass is 32.1. The van der Waals surface area contributed by atoms with Crippen molar-refractivity contribution in [2.24, 2.45) is 5.92 Å². The Morgan fingerprint density at radius 2 is 2.18 bits per heavy atom. The molecule has 0 spiro atoms. The van der Waals surface area contributed by atoms with Gasteiger partial charge in [0.05, 0.1) is 13.0 Å². The highest BCUT2D eigenvalue weighted by molar-refractivity contribution is 7.10. The molecule has 1 aliphatic carbocycles. The molecule has 3 nitrogen and oxygen atoms in total. The molecular weight excluding hydrogens is 294 g/mol. The summed E-state index contributed by atoms with van der Waals surface area (Å²) in [5.41, 5.74) is 1.25. The SMILES string of the molecule is Cc1cccc(CC(=O)NCC(O)(c2cccs2)C2CC2)c1. The molecule has 116 valence electrons. The van der Waals surface area contributed by atoms with E-state index in [0.29, 0.717) is 13.0 Å². The summed E-state index contributed by atoms with van der Waals surface area (Å²) in [5.74, 6) is 0.228. The van der Waals surface area contributed by atoms with E-state index < -0.39 is 5.60 Å². The summed E-state index contributed by atoms with van der Waals surface area (Å²) in [4.78, 5) is 13.1. The predicted octanol–water partition coefficient (Wildman–Crippen LogP) is 3.01. The first-order valence-electron chi connectivity index (χ1n) is 7.66. The van der Waals surface area contributed by atoms with Crippen LogP contribution in [0.2, 0.25) is 0 Å². The fourth-order valence-electron chi connectivity index (χ4n) is 2.82. The van der Waals surface area contributed by atoms with E-state index in [1.807, 2.05) is 48.7 Å². The van der Waals surface area contributed by atoms with E-state index in [4.69, 9.17) is 0 Å². The standard InChI is InChI=1S/C18H21NO2S/c1-13-4-2-5-14(10-13)11-17(20)19-12-18(21,15-7-8-15)16-6-3-9-22-16/h2-6,9-10,15,21H,7-8,11-12H2,1H3,(H,19,20). The zero-order chi connectivity index (χ0) is 15.6. The Bertz CT molecular complexity index is 649. The lowest BCUT2D eigenvalue weighted by molar-refractivity contribution is -0.122. The molecule has 22 heavy (non-hydrogen) atoms. The second-order valence-corrected chi connectivity index (χ2v) is 7.07. The maximum Gasteiger partial charge on any atom is 0.224 e. The van der Waals surface area contributed by atoms with Crippen molar-refractivity contribution in [1.82, 2.24) is 5.32 Å². The summed E-state index contributed by atoms with van der Waals surface area (Å²) in [6, 6.07) is 11.9. The van der Waals surface area contributed by atoms with Crippen molar-refractivity contribution < 1.29 is 9.90 Å². The van der Waals surface area contributed by atoms with Gasteiger partial charge in [-0.1, -0.05) is 35.9 Å². The molecule has 1 aromatic heterocycles. The maximum atomic E-state index is 12.2. The van der Waals surface area contributed by atoms with Crippen LogP contribution in [0.25, 0.3) is 0 Å². The number of thiophene rings is 1. The fourth-order valence-corrected chi connectivity index (χ4v) is 3.73. The summed E-state index contributed by atoms with van der Waals surface area (Å²) in [6.07, 6.45) is 2.41. The fraction of sp³-hybridized carbons (Fsp3) is 0.389. The van der Waals surface area contributed by atoms with Crippen molar-refractivity contribution in [3.05, 3.63) is 57.8 Å². The van der Waals surface area contributed by atoms with Gasteiger partial charge in [-0.05, 0) is 42.7 Å². The van der Waals surface area contributed by atoms with Crippen LogP contribution in [0, 0.1) is 12.8 Å². The molecule has 1 heterocycles. The molecule has 0 saturated heterocycles. The van der Waals surface area contributed by atoms with Crippen molar-refractivity contribution in [1.29, 1.82) is 0 Å². The van der Waals surface area contributed by atoms with Crippen LogP contribution in [0.4, 0.5) is 0 Å². The number of aliphatic hydroxyl groups is 1. The third kappa shape index (κ3) is 3.39. The van der Waals surface area contributed by atoms with Crippen molar-refractivity contribution in [3.8, 4) is 0 Å². The van der Waals surface area contributed by atoms with Crippen LogP contribution < -0.4 is 5.32 Å². The number of hydrogen-bond acceptors (Lipinski definition) is 3. The number of hydrogen-bond donors (Lipinski definition) is 2. The Morgan fingerprint density at radius 1 is 1.36 bits per heavy atom. The van der Waals surface area contributed by atoms with Gasteiger partial charge in [-0.2, -0.15) is 0 Å². The minimum Gasteiger partial charge on any atom is -0.382 e. The lowest BCUT2D eigenvalue weighted by atomic mass is 9.95. The first-order chi connectivity index (χ1) is 10.6. The van der Waals surface area contributed by atoms with E-state index in [0.717, 1.165) is 28.8 Å². The van der Waals surface area contributed by atoms with Crippen LogP contribution in [0.5, 0.6) is 0 Å². The van der Waals surface area contributed by atoms with Gasteiger partial charge >= 0.3 is 0 Å². The average molecular weight is 315 g/mol. The molecule has 0 aliphatic heterocycles. The summed E-state index contributed by atoms with van der Waals surface area (Å²) in [6.45, 7) is 2.31. The lowest BCUT2D eigenvalue weighted by Gasteiger charge is -2.27. The molecule has 1 aliphatic rings. The molecule has 0 bridgehead atoms. The van der Waals surface area contributed by atoms with E-state index in [1.54, 1.807) is 11.3 Å². The molecule has 1 fully saturated rings. The minimum atomic E-state index is -0.906. The molecule has 4 heteroatoms. The van der Waals surface area contributed by atoms with Crippen LogP contribution >= 0.6 is 11.3 Å². The van der Waals surface area contributed by atoms with Gasteiger partial charge in [0.1, 0.15) is 5.60 Å². The zero-order valence-electron chi connectivity index (χ0n) is 12.7. The predicted molar refractivity (Wildman–Crippen MR) is 88.8 cm³/mol. The second-order valence-electron chi connectivity index (χ2n) is 6.12. The van der Waals surface area contributed by atoms with Gasteiger partial charge < -0.3 is 10.4 Å². The number of benzene rings is 1. The van der Waals surface area contributed by atoms with Gasteiger partial charge in [-0.15, -0.1) is 11.3 Å². The molecule has 1 unspecified atom stereocenters. The Kier molecular flexibility index (Phi) is 4.32. The first-order valence-corrected chi connectivity index (χ1v) is 8.54. The Labute approximate surface area is 135 Å². The van der Waals surface area contributed by atoms with Gasteiger partial charge in [0.2, 0.25) is 5.91 Å². The third-order valence-electron chi connectivity index (χ3n) is 4.20. The molecule has 1 amide bonds. The van der Waals surface area contributed by atoms with E-state index in [9.17, 15) is 9.90 Å². The molecule has 1 aromatic carbocycles. The Hall–Kier alpha value is -1.65. The van der Waals surface area contributed by atoms with Gasteiger partial charge in [0.25, 0.3) is 0 Å². The molecule has 1 saturated carbocycles. The smallest absolute Gasteiger partial charge is 0.224 e. The number of aryl methyl sites for hydroxylation is 1. The summed E-state index contributed by atoms with van der Waals surface area (Å²) in [7, 11) is 0. The van der Waals surface area contributed by atoms with Crippen molar-refractivity contribution in [2.45, 2.75) is 31.8 Å². The van der Waals surface area contributed by atoms with Crippen LogP contribution in [0.3, 0.4) is 0 Å². The normalized spacial score (nSPS) is 17.0. The number of carbonyl (C=O) groups excluding carboxylic acids is 1. The lowest BCUT2D eigenvalue weighted by Crippen LogP contribution is -2.42. The van der Waals surface area contributed by atoms with E-state index in [-0.39, 0.29) is 11.8 Å². The Balaban J connectivity index is 1.62. The summed E-state index contributed by atoms with van der Waals surface area (Å²) < 4.78 is 0. The summed E-state index contributed by atoms with van der Waals surface area (Å²) in [5, 5.41) is 15.9. The number of nitrogens with one attached hydrogen (secondary N) is 1. The second kappa shape index (κ2) is 6.23. The highest BCUT2D eigenvalue weighted by Crippen LogP contribution is 2.46. The van der Waals surface area contributed by atoms with Crippen molar-refractivity contribution >= 4 is 17.2 Å². The zero-order valence-corrected chi connectivity index (χ0v) is 13.5. The topological polar surface area (TPSA) is 49.3 Å². The van der Waals surface area contributed by atoms with Gasteiger partial charge in [0, 0.05) is 4.88 Å². The monoisotopic (exact) mass is 315 g/mol. The first kappa shape index (κ1) is 15.3. The van der Waals surface area contributed by atoms with Crippen LogP contribution in [-0.4, -0.2) is 17.6 Å². The van der Waals surface area contributed by atoms with Crippen LogP contribution in [-0.2, 0) is 16.8 Å². The molecule has 1 atom stereocenters. The highest BCUT2D eigenvalue weighted by Gasteiger charge is 2.45. The maximum absolute atomic E-state index is 12.2. The number of amides is 1. The molecule has 3 rings (SSSR count).